The minimum absolute atomic E-state index is 0.328. The molecule has 0 spiro atoms. The molecule has 1 heteroatoms. The van der Waals surface area contributed by atoms with E-state index >= 15 is 0 Å². The molecule has 0 atom stereocenters. The van der Waals surface area contributed by atoms with E-state index in [9.17, 15) is 0 Å². The molecule has 0 amide bonds. The molecule has 150 valence electrons. The van der Waals surface area contributed by atoms with Crippen LogP contribution in [-0.4, -0.2) is 0 Å². The lowest BCUT2D eigenvalue weighted by Gasteiger charge is -2.34. The van der Waals surface area contributed by atoms with Crippen LogP contribution in [-0.2, 0) is 5.41 Å². The van der Waals surface area contributed by atoms with Crippen LogP contribution in [0.25, 0.3) is 31.3 Å². The number of benzene rings is 5. The normalized spacial score (nSPS) is 13.9. The first kappa shape index (κ1) is 17.9. The minimum Gasteiger partial charge on any atom is -0.135 e. The van der Waals surface area contributed by atoms with Gasteiger partial charge in [0.05, 0.1) is 5.41 Å². The van der Waals surface area contributed by atoms with Gasteiger partial charge in [0, 0.05) is 20.2 Å². The highest BCUT2D eigenvalue weighted by Gasteiger charge is 2.45. The van der Waals surface area contributed by atoms with Crippen LogP contribution in [0, 0.1) is 0 Å². The molecule has 7 rings (SSSR count). The third-order valence-corrected chi connectivity index (χ3v) is 8.12. The highest BCUT2D eigenvalue weighted by Crippen LogP contribution is 2.56. The van der Waals surface area contributed by atoms with E-state index in [1.54, 1.807) is 0 Å². The van der Waals surface area contributed by atoms with E-state index in [-0.39, 0.29) is 5.41 Å². The minimum atomic E-state index is -0.328. The molecule has 1 aromatic heterocycles. The van der Waals surface area contributed by atoms with Crippen molar-refractivity contribution in [3.63, 3.8) is 0 Å². The zero-order valence-corrected chi connectivity index (χ0v) is 18.3. The van der Waals surface area contributed by atoms with Crippen molar-refractivity contribution in [3.05, 3.63) is 144 Å². The van der Waals surface area contributed by atoms with Crippen LogP contribution in [0.15, 0.2) is 121 Å². The van der Waals surface area contributed by atoms with Gasteiger partial charge in [0.1, 0.15) is 0 Å². The maximum Gasteiger partial charge on any atom is 0.0713 e. The first-order valence-corrected chi connectivity index (χ1v) is 11.9. The fourth-order valence-corrected chi connectivity index (χ4v) is 6.76. The van der Waals surface area contributed by atoms with E-state index in [0.29, 0.717) is 0 Å². The largest absolute Gasteiger partial charge is 0.135 e. The molecular formula is C31H20S. The molecule has 1 aliphatic rings. The van der Waals surface area contributed by atoms with Gasteiger partial charge in [-0.3, -0.25) is 0 Å². The van der Waals surface area contributed by atoms with Gasteiger partial charge < -0.3 is 0 Å². The van der Waals surface area contributed by atoms with E-state index in [0.717, 1.165) is 0 Å². The molecular weight excluding hydrogens is 404 g/mol. The van der Waals surface area contributed by atoms with Crippen molar-refractivity contribution < 1.29 is 0 Å². The fourth-order valence-electron chi connectivity index (χ4n) is 5.67. The SMILES string of the molecule is c1ccc(C2(c3ccc4sc5ccccc5c4c3)c3ccccc3-c3ccccc32)cc1. The average Bonchev–Trinajstić information content (AvgIpc) is 3.38. The summed E-state index contributed by atoms with van der Waals surface area (Å²) in [5, 5.41) is 2.69. The van der Waals surface area contributed by atoms with Crippen molar-refractivity contribution in [2.75, 3.05) is 0 Å². The zero-order valence-electron chi connectivity index (χ0n) is 17.5. The number of rotatable bonds is 2. The summed E-state index contributed by atoms with van der Waals surface area (Å²) in [4.78, 5) is 0. The molecule has 0 saturated heterocycles. The first-order chi connectivity index (χ1) is 15.9. The molecule has 6 aromatic rings. The van der Waals surface area contributed by atoms with Crippen LogP contribution < -0.4 is 0 Å². The Bertz CT molecular complexity index is 1580. The molecule has 0 radical (unpaired) electrons. The Morgan fingerprint density at radius 3 is 1.78 bits per heavy atom. The van der Waals surface area contributed by atoms with Crippen molar-refractivity contribution in [1.82, 2.24) is 0 Å². The van der Waals surface area contributed by atoms with Gasteiger partial charge in [0.15, 0.2) is 0 Å². The van der Waals surface area contributed by atoms with E-state index < -0.39 is 0 Å². The third-order valence-electron chi connectivity index (χ3n) is 6.97. The quantitative estimate of drug-likeness (QED) is 0.261. The summed E-state index contributed by atoms with van der Waals surface area (Å²) in [6.45, 7) is 0. The molecule has 0 bridgehead atoms. The smallest absolute Gasteiger partial charge is 0.0713 e. The van der Waals surface area contributed by atoms with Crippen molar-refractivity contribution >= 4 is 31.5 Å². The van der Waals surface area contributed by atoms with E-state index in [1.807, 2.05) is 11.3 Å². The molecule has 0 fully saturated rings. The Morgan fingerprint density at radius 1 is 0.438 bits per heavy atom. The summed E-state index contributed by atoms with van der Waals surface area (Å²) in [5.74, 6) is 0. The number of hydrogen-bond donors (Lipinski definition) is 0. The van der Waals surface area contributed by atoms with Gasteiger partial charge in [-0.15, -0.1) is 11.3 Å². The van der Waals surface area contributed by atoms with Gasteiger partial charge >= 0.3 is 0 Å². The molecule has 0 saturated carbocycles. The Kier molecular flexibility index (Phi) is 3.73. The molecule has 1 heterocycles. The van der Waals surface area contributed by atoms with Crippen LogP contribution >= 0.6 is 11.3 Å². The highest BCUT2D eigenvalue weighted by molar-refractivity contribution is 7.25. The van der Waals surface area contributed by atoms with Crippen molar-refractivity contribution in [1.29, 1.82) is 0 Å². The predicted octanol–water partition coefficient (Wildman–Crippen LogP) is 8.42. The van der Waals surface area contributed by atoms with Gasteiger partial charge in [0.25, 0.3) is 0 Å². The summed E-state index contributed by atoms with van der Waals surface area (Å²) in [6.07, 6.45) is 0. The lowest BCUT2D eigenvalue weighted by atomic mass is 9.67. The summed E-state index contributed by atoms with van der Waals surface area (Å²) in [5.41, 5.74) is 7.72. The van der Waals surface area contributed by atoms with Crippen molar-refractivity contribution in [2.24, 2.45) is 0 Å². The highest BCUT2D eigenvalue weighted by atomic mass is 32.1. The molecule has 0 aliphatic heterocycles. The lowest BCUT2D eigenvalue weighted by molar-refractivity contribution is 0.770. The Labute approximate surface area is 191 Å². The topological polar surface area (TPSA) is 0 Å². The maximum absolute atomic E-state index is 2.44. The lowest BCUT2D eigenvalue weighted by Crippen LogP contribution is -2.28. The molecule has 32 heavy (non-hydrogen) atoms. The Morgan fingerprint density at radius 2 is 1.03 bits per heavy atom. The van der Waals surface area contributed by atoms with Crippen molar-refractivity contribution in [3.8, 4) is 11.1 Å². The van der Waals surface area contributed by atoms with Crippen LogP contribution in [0.3, 0.4) is 0 Å². The van der Waals surface area contributed by atoms with E-state index in [1.165, 1.54) is 53.6 Å². The fraction of sp³-hybridized carbons (Fsp3) is 0.0323. The van der Waals surface area contributed by atoms with Gasteiger partial charge in [-0.25, -0.2) is 0 Å². The molecule has 1 aliphatic carbocycles. The van der Waals surface area contributed by atoms with Crippen LogP contribution in [0.2, 0.25) is 0 Å². The second-order valence-corrected chi connectivity index (χ2v) is 9.60. The average molecular weight is 425 g/mol. The number of thiophene rings is 1. The summed E-state index contributed by atoms with van der Waals surface area (Å²) < 4.78 is 2.69. The molecule has 0 nitrogen and oxygen atoms in total. The van der Waals surface area contributed by atoms with Crippen LogP contribution in [0.4, 0.5) is 0 Å². The third kappa shape index (κ3) is 2.26. The standard InChI is InChI=1S/C31H20S/c1-2-10-21(11-3-1)31(27-15-7-4-12-23(27)24-13-5-8-16-28(24)31)22-18-19-30-26(20-22)25-14-6-9-17-29(25)32-30/h1-20H. The zero-order chi connectivity index (χ0) is 21.1. The van der Waals surface area contributed by atoms with Crippen LogP contribution in [0.5, 0.6) is 0 Å². The summed E-state index contributed by atoms with van der Waals surface area (Å²) in [7, 11) is 0. The Balaban J connectivity index is 1.65. The van der Waals surface area contributed by atoms with E-state index in [2.05, 4.69) is 121 Å². The number of hydrogen-bond acceptors (Lipinski definition) is 1. The number of fused-ring (bicyclic) bond motifs is 6. The van der Waals surface area contributed by atoms with E-state index in [4.69, 9.17) is 0 Å². The monoisotopic (exact) mass is 424 g/mol. The second-order valence-electron chi connectivity index (χ2n) is 8.52. The first-order valence-electron chi connectivity index (χ1n) is 11.0. The van der Waals surface area contributed by atoms with Gasteiger partial charge in [-0.05, 0) is 51.6 Å². The van der Waals surface area contributed by atoms with Gasteiger partial charge in [0.2, 0.25) is 0 Å². The summed E-state index contributed by atoms with van der Waals surface area (Å²) >= 11 is 1.88. The van der Waals surface area contributed by atoms with Crippen molar-refractivity contribution in [2.45, 2.75) is 5.41 Å². The molecule has 0 unspecified atom stereocenters. The summed E-state index contributed by atoms with van der Waals surface area (Å²) in [6, 6.07) is 44.8. The predicted molar refractivity (Wildman–Crippen MR) is 137 cm³/mol. The second kappa shape index (κ2) is 6.66. The van der Waals surface area contributed by atoms with Crippen LogP contribution in [0.1, 0.15) is 22.3 Å². The van der Waals surface area contributed by atoms with Gasteiger partial charge in [-0.1, -0.05) is 103 Å². The molecule has 5 aromatic carbocycles. The maximum atomic E-state index is 2.44. The Hall–Kier alpha value is -3.68. The molecule has 0 N–H and O–H groups in total. The van der Waals surface area contributed by atoms with Gasteiger partial charge in [-0.2, -0.15) is 0 Å².